The highest BCUT2D eigenvalue weighted by molar-refractivity contribution is 7.99. The first-order chi connectivity index (χ1) is 8.33. The fourth-order valence-electron chi connectivity index (χ4n) is 1.50. The van der Waals surface area contributed by atoms with Gasteiger partial charge in [-0.15, -0.1) is 0 Å². The number of thioether (sulfide) groups is 1. The molecule has 92 valence electrons. The fourth-order valence-corrected chi connectivity index (χ4v) is 2.24. The molecule has 1 aromatic heterocycles. The molecule has 0 bridgehead atoms. The lowest BCUT2D eigenvalue weighted by atomic mass is 10.3. The van der Waals surface area contributed by atoms with Crippen molar-refractivity contribution in [2.24, 2.45) is 0 Å². The largest absolute Gasteiger partial charge is 0.497 e. The van der Waals surface area contributed by atoms with Gasteiger partial charge in [0.25, 0.3) is 0 Å². The van der Waals surface area contributed by atoms with Crippen molar-refractivity contribution in [2.45, 2.75) is 12.1 Å². The highest BCUT2D eigenvalue weighted by Gasteiger charge is 2.04. The monoisotopic (exact) mass is 252 g/mol. The van der Waals surface area contributed by atoms with Gasteiger partial charge in [0.2, 0.25) is 0 Å². The van der Waals surface area contributed by atoms with Crippen molar-refractivity contribution in [1.29, 1.82) is 0 Å². The number of imidazole rings is 1. The Morgan fingerprint density at radius 3 is 3.06 bits per heavy atom. The van der Waals surface area contributed by atoms with Crippen LogP contribution in [-0.4, -0.2) is 36.0 Å². The van der Waals surface area contributed by atoms with Crippen molar-refractivity contribution >= 4 is 22.8 Å². The number of methoxy groups -OCH3 is 1. The number of aromatic amines is 1. The maximum atomic E-state index is 5.28. The van der Waals surface area contributed by atoms with Crippen molar-refractivity contribution in [3.8, 4) is 5.75 Å². The van der Waals surface area contributed by atoms with E-state index in [0.717, 1.165) is 40.9 Å². The molecular weight excluding hydrogens is 236 g/mol. The second-order valence-corrected chi connectivity index (χ2v) is 4.55. The molecule has 1 N–H and O–H groups in total. The normalized spacial score (nSPS) is 10.9. The van der Waals surface area contributed by atoms with Crippen molar-refractivity contribution in [1.82, 2.24) is 9.97 Å². The number of aromatic nitrogens is 2. The molecule has 0 atom stereocenters. The number of H-pyrrole nitrogens is 1. The quantitative estimate of drug-likeness (QED) is 0.634. The Morgan fingerprint density at radius 2 is 2.29 bits per heavy atom. The minimum atomic E-state index is 0.752. The minimum Gasteiger partial charge on any atom is -0.497 e. The summed E-state index contributed by atoms with van der Waals surface area (Å²) in [6.07, 6.45) is 0. The molecule has 0 aliphatic heterocycles. The average molecular weight is 252 g/mol. The Kier molecular flexibility index (Phi) is 4.28. The lowest BCUT2D eigenvalue weighted by Crippen LogP contribution is -1.95. The number of hydrogen-bond acceptors (Lipinski definition) is 4. The van der Waals surface area contributed by atoms with Gasteiger partial charge in [-0.3, -0.25) is 0 Å². The summed E-state index contributed by atoms with van der Waals surface area (Å²) in [7, 11) is 1.66. The van der Waals surface area contributed by atoms with Crippen LogP contribution in [0.1, 0.15) is 6.92 Å². The van der Waals surface area contributed by atoms with E-state index in [1.807, 2.05) is 25.1 Å². The first-order valence-corrected chi connectivity index (χ1v) is 6.56. The second kappa shape index (κ2) is 5.93. The van der Waals surface area contributed by atoms with Gasteiger partial charge in [0, 0.05) is 18.4 Å². The molecule has 0 unspecified atom stereocenters. The molecule has 0 aliphatic carbocycles. The third-order valence-electron chi connectivity index (χ3n) is 2.34. The summed E-state index contributed by atoms with van der Waals surface area (Å²) in [5.74, 6) is 1.75. The van der Waals surface area contributed by atoms with E-state index in [1.54, 1.807) is 18.9 Å². The van der Waals surface area contributed by atoms with E-state index in [-0.39, 0.29) is 0 Å². The predicted molar refractivity (Wildman–Crippen MR) is 69.9 cm³/mol. The van der Waals surface area contributed by atoms with Crippen LogP contribution in [0.5, 0.6) is 5.75 Å². The Morgan fingerprint density at radius 1 is 1.41 bits per heavy atom. The predicted octanol–water partition coefficient (Wildman–Crippen LogP) is 2.70. The Balaban J connectivity index is 2.04. The van der Waals surface area contributed by atoms with Gasteiger partial charge >= 0.3 is 0 Å². The van der Waals surface area contributed by atoms with Gasteiger partial charge in [0.1, 0.15) is 5.75 Å². The smallest absolute Gasteiger partial charge is 0.166 e. The van der Waals surface area contributed by atoms with Crippen molar-refractivity contribution < 1.29 is 9.47 Å². The van der Waals surface area contributed by atoms with Crippen LogP contribution >= 0.6 is 11.8 Å². The zero-order valence-corrected chi connectivity index (χ0v) is 10.8. The van der Waals surface area contributed by atoms with Gasteiger partial charge in [0.15, 0.2) is 5.16 Å². The summed E-state index contributed by atoms with van der Waals surface area (Å²) in [6.45, 7) is 3.51. The zero-order chi connectivity index (χ0) is 12.1. The van der Waals surface area contributed by atoms with Crippen LogP contribution in [0.2, 0.25) is 0 Å². The van der Waals surface area contributed by atoms with Gasteiger partial charge in [-0.1, -0.05) is 11.8 Å². The first-order valence-electron chi connectivity index (χ1n) is 5.57. The molecule has 4 nitrogen and oxygen atoms in total. The maximum absolute atomic E-state index is 5.28. The summed E-state index contributed by atoms with van der Waals surface area (Å²) in [6, 6.07) is 5.82. The average Bonchev–Trinajstić information content (AvgIpc) is 2.76. The molecule has 0 aliphatic rings. The summed E-state index contributed by atoms with van der Waals surface area (Å²) in [5, 5.41) is 0.924. The molecule has 0 saturated carbocycles. The molecule has 0 amide bonds. The summed E-state index contributed by atoms with van der Waals surface area (Å²) in [5.41, 5.74) is 1.97. The van der Waals surface area contributed by atoms with Crippen LogP contribution in [0.3, 0.4) is 0 Å². The van der Waals surface area contributed by atoms with Crippen LogP contribution in [0.4, 0.5) is 0 Å². The van der Waals surface area contributed by atoms with E-state index >= 15 is 0 Å². The Bertz CT molecular complexity index is 484. The molecule has 0 fully saturated rings. The molecule has 17 heavy (non-hydrogen) atoms. The SMILES string of the molecule is CCOCCSc1nc2ccc(OC)cc2[nH]1. The van der Waals surface area contributed by atoms with Gasteiger partial charge in [0.05, 0.1) is 24.8 Å². The van der Waals surface area contributed by atoms with E-state index in [4.69, 9.17) is 9.47 Å². The number of hydrogen-bond donors (Lipinski definition) is 1. The van der Waals surface area contributed by atoms with E-state index in [1.165, 1.54) is 0 Å². The minimum absolute atomic E-state index is 0.752. The summed E-state index contributed by atoms with van der Waals surface area (Å²) in [4.78, 5) is 7.75. The summed E-state index contributed by atoms with van der Waals surface area (Å²) < 4.78 is 10.5. The van der Waals surface area contributed by atoms with Crippen molar-refractivity contribution in [2.75, 3.05) is 26.1 Å². The third kappa shape index (κ3) is 3.14. The Hall–Kier alpha value is -1.20. The Labute approximate surface area is 105 Å². The lowest BCUT2D eigenvalue weighted by Gasteiger charge is -1.98. The standard InChI is InChI=1S/C12H16N2O2S/c1-3-16-6-7-17-12-13-10-5-4-9(15-2)8-11(10)14-12/h4-5,8H,3,6-7H2,1-2H3,(H,13,14). The topological polar surface area (TPSA) is 47.1 Å². The van der Waals surface area contributed by atoms with Crippen LogP contribution in [-0.2, 0) is 4.74 Å². The molecule has 1 aromatic carbocycles. The van der Waals surface area contributed by atoms with Gasteiger partial charge in [-0.2, -0.15) is 0 Å². The number of fused-ring (bicyclic) bond motifs is 1. The number of ether oxygens (including phenoxy) is 2. The maximum Gasteiger partial charge on any atom is 0.166 e. The molecular formula is C12H16N2O2S. The molecule has 2 rings (SSSR count). The third-order valence-corrected chi connectivity index (χ3v) is 3.18. The molecule has 0 saturated heterocycles. The lowest BCUT2D eigenvalue weighted by molar-refractivity contribution is 0.164. The van der Waals surface area contributed by atoms with E-state index in [9.17, 15) is 0 Å². The fraction of sp³-hybridized carbons (Fsp3) is 0.417. The number of nitrogens with one attached hydrogen (secondary N) is 1. The van der Waals surface area contributed by atoms with Crippen molar-refractivity contribution in [3.05, 3.63) is 18.2 Å². The molecule has 2 aromatic rings. The molecule has 0 spiro atoms. The second-order valence-electron chi connectivity index (χ2n) is 3.47. The highest BCUT2D eigenvalue weighted by Crippen LogP contribution is 2.22. The van der Waals surface area contributed by atoms with Crippen LogP contribution in [0, 0.1) is 0 Å². The number of benzene rings is 1. The van der Waals surface area contributed by atoms with E-state index < -0.39 is 0 Å². The van der Waals surface area contributed by atoms with Gasteiger partial charge < -0.3 is 14.5 Å². The highest BCUT2D eigenvalue weighted by atomic mass is 32.2. The molecule has 5 heteroatoms. The molecule has 1 heterocycles. The van der Waals surface area contributed by atoms with Crippen LogP contribution in [0.15, 0.2) is 23.4 Å². The van der Waals surface area contributed by atoms with Gasteiger partial charge in [-0.25, -0.2) is 4.98 Å². The number of nitrogens with zero attached hydrogens (tertiary/aromatic N) is 1. The van der Waals surface area contributed by atoms with Crippen LogP contribution in [0.25, 0.3) is 11.0 Å². The molecule has 0 radical (unpaired) electrons. The zero-order valence-electron chi connectivity index (χ0n) is 10.0. The number of rotatable bonds is 6. The van der Waals surface area contributed by atoms with Crippen LogP contribution < -0.4 is 4.74 Å². The van der Waals surface area contributed by atoms with E-state index in [0.29, 0.717) is 0 Å². The van der Waals surface area contributed by atoms with Crippen molar-refractivity contribution in [3.63, 3.8) is 0 Å². The summed E-state index contributed by atoms with van der Waals surface area (Å²) >= 11 is 1.67. The van der Waals surface area contributed by atoms with Gasteiger partial charge in [-0.05, 0) is 19.1 Å². The first kappa shape index (κ1) is 12.3. The van der Waals surface area contributed by atoms with E-state index in [2.05, 4.69) is 9.97 Å².